The molecule has 1 N–H and O–H groups in total. The lowest BCUT2D eigenvalue weighted by molar-refractivity contribution is 0.286. The number of hydrogen-bond donors (Lipinski definition) is 1. The van der Waals surface area contributed by atoms with Crippen molar-refractivity contribution in [2.24, 2.45) is 0 Å². The topological polar surface area (TPSA) is 57.4 Å². The fourth-order valence-electron chi connectivity index (χ4n) is 2.98. The van der Waals surface area contributed by atoms with Crippen LogP contribution in [0.1, 0.15) is 51.0 Å². The summed E-state index contributed by atoms with van der Waals surface area (Å²) in [7, 11) is -3.47. The van der Waals surface area contributed by atoms with Gasteiger partial charge in [0.15, 0.2) is 0 Å². The molecule has 1 saturated heterocycles. The van der Waals surface area contributed by atoms with Crippen molar-refractivity contribution in [3.63, 3.8) is 0 Å². The number of benzene rings is 1. The summed E-state index contributed by atoms with van der Waals surface area (Å²) in [6.07, 6.45) is 6.66. The molecule has 1 heterocycles. The molecule has 1 fully saturated rings. The Morgan fingerprint density at radius 2 is 1.68 bits per heavy atom. The van der Waals surface area contributed by atoms with E-state index in [9.17, 15) is 13.5 Å². The Morgan fingerprint density at radius 3 is 2.27 bits per heavy atom. The van der Waals surface area contributed by atoms with Gasteiger partial charge in [0, 0.05) is 6.04 Å². The number of hydrogen-bond acceptors (Lipinski definition) is 3. The van der Waals surface area contributed by atoms with Gasteiger partial charge in [0.1, 0.15) is 0 Å². The van der Waals surface area contributed by atoms with Gasteiger partial charge in [-0.15, -0.1) is 0 Å². The summed E-state index contributed by atoms with van der Waals surface area (Å²) in [5.41, 5.74) is 1.04. The lowest BCUT2D eigenvalue weighted by atomic mass is 10.1. The van der Waals surface area contributed by atoms with Crippen LogP contribution in [-0.2, 0) is 10.0 Å². The zero-order valence-electron chi connectivity index (χ0n) is 13.5. The first kappa shape index (κ1) is 17.4. The number of nitrogens with zero attached hydrogens (tertiary/aromatic N) is 1. The van der Waals surface area contributed by atoms with Crippen LogP contribution >= 0.6 is 0 Å². The van der Waals surface area contributed by atoms with Crippen molar-refractivity contribution in [3.05, 3.63) is 29.8 Å². The van der Waals surface area contributed by atoms with E-state index < -0.39 is 10.0 Å². The minimum absolute atomic E-state index is 0.0297. The number of aryl methyl sites for hydroxylation is 1. The maximum absolute atomic E-state index is 12.6. The molecule has 3 atom stereocenters. The van der Waals surface area contributed by atoms with E-state index in [0.29, 0.717) is 4.90 Å². The van der Waals surface area contributed by atoms with E-state index >= 15 is 0 Å². The smallest absolute Gasteiger partial charge is 0.243 e. The third kappa shape index (κ3) is 3.89. The van der Waals surface area contributed by atoms with Gasteiger partial charge in [-0.05, 0) is 25.5 Å². The summed E-state index contributed by atoms with van der Waals surface area (Å²) in [5.74, 6) is 0. The van der Waals surface area contributed by atoms with Crippen molar-refractivity contribution < 1.29 is 13.5 Å². The standard InChI is InChI=1S/C17H27NO3S/c1-3-4-5-6-7-8-16-17(13-19)18(16)22(20,21)15-11-9-14(2)10-12-15/h9-12,16-17,19H,3-8,13H2,1-2H3/t16?,17?,18-/m0/s1. The second-order valence-corrected chi connectivity index (χ2v) is 8.01. The van der Waals surface area contributed by atoms with E-state index in [4.69, 9.17) is 0 Å². The van der Waals surface area contributed by atoms with Gasteiger partial charge in [-0.1, -0.05) is 56.7 Å². The second kappa shape index (κ2) is 7.57. The summed E-state index contributed by atoms with van der Waals surface area (Å²) in [4.78, 5) is 0.324. The van der Waals surface area contributed by atoms with Gasteiger partial charge in [0.05, 0.1) is 17.5 Å². The average molecular weight is 325 g/mol. The van der Waals surface area contributed by atoms with Crippen molar-refractivity contribution in [1.82, 2.24) is 4.31 Å². The molecule has 0 radical (unpaired) electrons. The highest BCUT2D eigenvalue weighted by molar-refractivity contribution is 7.89. The molecule has 124 valence electrons. The van der Waals surface area contributed by atoms with Gasteiger partial charge in [0.2, 0.25) is 10.0 Å². The minimum Gasteiger partial charge on any atom is -0.395 e. The van der Waals surface area contributed by atoms with Crippen molar-refractivity contribution in [3.8, 4) is 0 Å². The van der Waals surface area contributed by atoms with Crippen molar-refractivity contribution in [1.29, 1.82) is 0 Å². The first-order valence-corrected chi connectivity index (χ1v) is 9.67. The second-order valence-electron chi connectivity index (χ2n) is 6.17. The zero-order chi connectivity index (χ0) is 16.2. The molecule has 2 rings (SSSR count). The van der Waals surface area contributed by atoms with Crippen LogP contribution in [0.2, 0.25) is 0 Å². The molecule has 1 aromatic carbocycles. The average Bonchev–Trinajstić information content (AvgIpc) is 3.21. The van der Waals surface area contributed by atoms with E-state index in [0.717, 1.165) is 24.8 Å². The van der Waals surface area contributed by atoms with Gasteiger partial charge in [-0.3, -0.25) is 0 Å². The molecule has 0 aromatic heterocycles. The van der Waals surface area contributed by atoms with E-state index in [1.54, 1.807) is 12.1 Å². The maximum atomic E-state index is 12.6. The van der Waals surface area contributed by atoms with E-state index in [1.165, 1.54) is 23.6 Å². The molecule has 1 aliphatic heterocycles. The molecule has 0 aliphatic carbocycles. The quantitative estimate of drug-likeness (QED) is 0.561. The third-order valence-corrected chi connectivity index (χ3v) is 6.36. The van der Waals surface area contributed by atoms with Gasteiger partial charge in [0.25, 0.3) is 0 Å². The Kier molecular flexibility index (Phi) is 6.01. The fraction of sp³-hybridized carbons (Fsp3) is 0.647. The van der Waals surface area contributed by atoms with Gasteiger partial charge < -0.3 is 5.11 Å². The van der Waals surface area contributed by atoms with Crippen LogP contribution in [0.5, 0.6) is 0 Å². The minimum atomic E-state index is -3.47. The van der Waals surface area contributed by atoms with Crippen LogP contribution < -0.4 is 0 Å². The Morgan fingerprint density at radius 1 is 1.05 bits per heavy atom. The summed E-state index contributed by atoms with van der Waals surface area (Å²) < 4.78 is 26.8. The number of unbranched alkanes of at least 4 members (excludes halogenated alkanes) is 4. The molecule has 4 nitrogen and oxygen atoms in total. The molecule has 22 heavy (non-hydrogen) atoms. The Balaban J connectivity index is 1.96. The maximum Gasteiger partial charge on any atom is 0.243 e. The molecule has 0 bridgehead atoms. The van der Waals surface area contributed by atoms with Crippen molar-refractivity contribution in [2.45, 2.75) is 69.4 Å². The molecule has 1 aromatic rings. The Labute approximate surface area is 134 Å². The number of aliphatic hydroxyl groups excluding tert-OH is 1. The Hall–Kier alpha value is -0.910. The van der Waals surface area contributed by atoms with Crippen LogP contribution in [-0.4, -0.2) is 36.5 Å². The molecular formula is C17H27NO3S. The summed E-state index contributed by atoms with van der Waals surface area (Å²) in [6.45, 7) is 4.02. The van der Waals surface area contributed by atoms with Crippen LogP contribution in [0.25, 0.3) is 0 Å². The van der Waals surface area contributed by atoms with E-state index in [1.807, 2.05) is 19.1 Å². The largest absolute Gasteiger partial charge is 0.395 e. The highest BCUT2D eigenvalue weighted by Crippen LogP contribution is 2.38. The normalized spacial score (nSPS) is 24.4. The van der Waals surface area contributed by atoms with Crippen LogP contribution in [0.3, 0.4) is 0 Å². The predicted molar refractivity (Wildman–Crippen MR) is 88.2 cm³/mol. The number of sulfonamides is 1. The highest BCUT2D eigenvalue weighted by Gasteiger charge is 2.54. The lowest BCUT2D eigenvalue weighted by Gasteiger charge is -2.07. The first-order valence-electron chi connectivity index (χ1n) is 8.23. The molecule has 2 unspecified atom stereocenters. The van der Waals surface area contributed by atoms with Gasteiger partial charge in [-0.2, -0.15) is 4.31 Å². The first-order chi connectivity index (χ1) is 10.5. The van der Waals surface area contributed by atoms with E-state index in [-0.39, 0.29) is 18.7 Å². The highest BCUT2D eigenvalue weighted by atomic mass is 32.2. The molecular weight excluding hydrogens is 298 g/mol. The van der Waals surface area contributed by atoms with Crippen LogP contribution in [0.4, 0.5) is 0 Å². The van der Waals surface area contributed by atoms with Gasteiger partial charge in [-0.25, -0.2) is 8.42 Å². The summed E-state index contributed by atoms with van der Waals surface area (Å²) >= 11 is 0. The van der Waals surface area contributed by atoms with Gasteiger partial charge >= 0.3 is 0 Å². The molecule has 1 aliphatic rings. The molecule has 5 heteroatoms. The number of aliphatic hydroxyl groups is 1. The Bertz CT molecular complexity index is 568. The third-order valence-electron chi connectivity index (χ3n) is 4.40. The molecule has 0 amide bonds. The molecule has 0 spiro atoms. The van der Waals surface area contributed by atoms with Crippen LogP contribution in [0.15, 0.2) is 29.2 Å². The summed E-state index contributed by atoms with van der Waals surface area (Å²) in [6, 6.07) is 6.65. The lowest BCUT2D eigenvalue weighted by Crippen LogP contribution is -2.17. The van der Waals surface area contributed by atoms with E-state index in [2.05, 4.69) is 6.92 Å². The summed E-state index contributed by atoms with van der Waals surface area (Å²) in [5, 5.41) is 9.44. The monoisotopic (exact) mass is 325 g/mol. The SMILES string of the molecule is CCCCCCCC1C(CO)[N@@]1S(=O)(=O)c1ccc(C)cc1. The fourth-order valence-corrected chi connectivity index (χ4v) is 4.81. The number of rotatable bonds is 9. The molecule has 0 saturated carbocycles. The predicted octanol–water partition coefficient (Wildman–Crippen LogP) is 3.09. The van der Waals surface area contributed by atoms with Crippen molar-refractivity contribution in [2.75, 3.05) is 6.61 Å². The van der Waals surface area contributed by atoms with Crippen LogP contribution in [0, 0.1) is 6.92 Å². The van der Waals surface area contributed by atoms with Crippen molar-refractivity contribution >= 4 is 10.0 Å². The zero-order valence-corrected chi connectivity index (χ0v) is 14.3.